The first-order valence-corrected chi connectivity index (χ1v) is 7.08. The van der Waals surface area contributed by atoms with Crippen LogP contribution in [-0.4, -0.2) is 16.5 Å². The summed E-state index contributed by atoms with van der Waals surface area (Å²) in [6.07, 6.45) is 4.14. The van der Waals surface area contributed by atoms with E-state index in [2.05, 4.69) is 15.3 Å². The number of thiazole rings is 1. The zero-order chi connectivity index (χ0) is 13.9. The minimum absolute atomic E-state index is 0.382. The predicted molar refractivity (Wildman–Crippen MR) is 80.4 cm³/mol. The molecular weight excluding hydrogens is 275 g/mol. The number of anilines is 2. The number of hydrogen-bond acceptors (Lipinski definition) is 5. The third-order valence-corrected chi connectivity index (χ3v) is 3.84. The number of nitrogen functional groups attached to an aromatic ring is 1. The molecule has 0 saturated carbocycles. The SMILES string of the molecule is Nc1cc(F)c(NCCc2nccs2)c2ncccc12. The minimum atomic E-state index is -0.382. The number of nitrogens with one attached hydrogen (secondary N) is 1. The highest BCUT2D eigenvalue weighted by molar-refractivity contribution is 7.09. The van der Waals surface area contributed by atoms with E-state index in [0.717, 1.165) is 16.8 Å². The van der Waals surface area contributed by atoms with Crippen molar-refractivity contribution in [2.24, 2.45) is 0 Å². The second kappa shape index (κ2) is 5.42. The quantitative estimate of drug-likeness (QED) is 0.724. The molecule has 3 aromatic rings. The number of hydrogen-bond donors (Lipinski definition) is 2. The van der Waals surface area contributed by atoms with Gasteiger partial charge in [0.2, 0.25) is 0 Å². The Kier molecular flexibility index (Phi) is 3.47. The van der Waals surface area contributed by atoms with Gasteiger partial charge in [0.25, 0.3) is 0 Å². The average Bonchev–Trinajstić information content (AvgIpc) is 2.96. The van der Waals surface area contributed by atoms with Crippen LogP contribution in [0.1, 0.15) is 5.01 Å². The van der Waals surface area contributed by atoms with Gasteiger partial charge in [-0.25, -0.2) is 9.37 Å². The molecule has 0 spiro atoms. The monoisotopic (exact) mass is 288 g/mol. The molecule has 3 rings (SSSR count). The lowest BCUT2D eigenvalue weighted by Gasteiger charge is -2.11. The van der Waals surface area contributed by atoms with Gasteiger partial charge in [0, 0.05) is 41.8 Å². The molecule has 0 unspecified atom stereocenters. The van der Waals surface area contributed by atoms with Crippen LogP contribution in [0.4, 0.5) is 15.8 Å². The van der Waals surface area contributed by atoms with E-state index in [1.165, 1.54) is 6.07 Å². The number of benzene rings is 1. The van der Waals surface area contributed by atoms with Gasteiger partial charge in [-0.15, -0.1) is 11.3 Å². The Morgan fingerprint density at radius 3 is 3.00 bits per heavy atom. The third kappa shape index (κ3) is 2.42. The highest BCUT2D eigenvalue weighted by Crippen LogP contribution is 2.29. The molecule has 2 aromatic heterocycles. The predicted octanol–water partition coefficient (Wildman–Crippen LogP) is 3.07. The summed E-state index contributed by atoms with van der Waals surface area (Å²) in [6, 6.07) is 4.95. The number of pyridine rings is 1. The van der Waals surface area contributed by atoms with E-state index in [4.69, 9.17) is 5.73 Å². The van der Waals surface area contributed by atoms with Crippen LogP contribution >= 0.6 is 11.3 Å². The van der Waals surface area contributed by atoms with Crippen LogP contribution in [0.3, 0.4) is 0 Å². The molecule has 1 aromatic carbocycles. The van der Waals surface area contributed by atoms with Crippen molar-refractivity contribution >= 4 is 33.6 Å². The molecule has 0 amide bonds. The number of aromatic nitrogens is 2. The van der Waals surface area contributed by atoms with E-state index in [0.29, 0.717) is 23.4 Å². The Morgan fingerprint density at radius 1 is 1.30 bits per heavy atom. The summed E-state index contributed by atoms with van der Waals surface area (Å²) >= 11 is 1.59. The van der Waals surface area contributed by atoms with Crippen molar-refractivity contribution in [3.05, 3.63) is 46.8 Å². The van der Waals surface area contributed by atoms with Crippen molar-refractivity contribution in [2.75, 3.05) is 17.6 Å². The van der Waals surface area contributed by atoms with Crippen LogP contribution in [0.15, 0.2) is 36.0 Å². The molecule has 6 heteroatoms. The third-order valence-electron chi connectivity index (χ3n) is 3.00. The van der Waals surface area contributed by atoms with Gasteiger partial charge < -0.3 is 11.1 Å². The van der Waals surface area contributed by atoms with Crippen LogP contribution in [0.2, 0.25) is 0 Å². The van der Waals surface area contributed by atoms with E-state index in [-0.39, 0.29) is 5.82 Å². The molecule has 20 heavy (non-hydrogen) atoms. The second-order valence-electron chi connectivity index (χ2n) is 4.32. The van der Waals surface area contributed by atoms with Crippen molar-refractivity contribution in [2.45, 2.75) is 6.42 Å². The summed E-state index contributed by atoms with van der Waals surface area (Å²) in [6.45, 7) is 0.597. The van der Waals surface area contributed by atoms with Crippen molar-refractivity contribution in [1.29, 1.82) is 0 Å². The molecule has 0 aliphatic carbocycles. The summed E-state index contributed by atoms with van der Waals surface area (Å²) in [5.74, 6) is -0.382. The first-order chi connectivity index (χ1) is 9.75. The first kappa shape index (κ1) is 12.8. The summed E-state index contributed by atoms with van der Waals surface area (Å²) in [5.41, 5.74) is 7.17. The Balaban J connectivity index is 1.87. The topological polar surface area (TPSA) is 63.8 Å². The lowest BCUT2D eigenvalue weighted by atomic mass is 10.1. The number of nitrogens with zero attached hydrogens (tertiary/aromatic N) is 2. The van der Waals surface area contributed by atoms with Crippen molar-refractivity contribution < 1.29 is 4.39 Å². The molecule has 0 aliphatic heterocycles. The lowest BCUT2D eigenvalue weighted by molar-refractivity contribution is 0.632. The van der Waals surface area contributed by atoms with Gasteiger partial charge in [-0.1, -0.05) is 0 Å². The average molecular weight is 288 g/mol. The Bertz CT molecular complexity index is 727. The van der Waals surface area contributed by atoms with Crippen LogP contribution in [-0.2, 0) is 6.42 Å². The number of fused-ring (bicyclic) bond motifs is 1. The van der Waals surface area contributed by atoms with Gasteiger partial charge in [0.05, 0.1) is 16.2 Å². The van der Waals surface area contributed by atoms with E-state index in [1.807, 2.05) is 11.4 Å². The number of nitrogens with two attached hydrogens (primary N) is 1. The molecule has 3 N–H and O–H groups in total. The molecular formula is C14H13FN4S. The molecule has 102 valence electrons. The van der Waals surface area contributed by atoms with Crippen molar-refractivity contribution in [1.82, 2.24) is 9.97 Å². The van der Waals surface area contributed by atoms with Gasteiger partial charge in [-0.3, -0.25) is 4.98 Å². The zero-order valence-electron chi connectivity index (χ0n) is 10.6. The largest absolute Gasteiger partial charge is 0.398 e. The van der Waals surface area contributed by atoms with E-state index in [1.54, 1.807) is 29.8 Å². The van der Waals surface area contributed by atoms with Gasteiger partial charge >= 0.3 is 0 Å². The van der Waals surface area contributed by atoms with E-state index in [9.17, 15) is 4.39 Å². The molecule has 0 radical (unpaired) electrons. The summed E-state index contributed by atoms with van der Waals surface area (Å²) in [4.78, 5) is 8.42. The molecule has 0 fully saturated rings. The summed E-state index contributed by atoms with van der Waals surface area (Å²) in [7, 11) is 0. The van der Waals surface area contributed by atoms with Gasteiger partial charge in [0.15, 0.2) is 5.82 Å². The second-order valence-corrected chi connectivity index (χ2v) is 5.30. The normalized spacial score (nSPS) is 10.8. The van der Waals surface area contributed by atoms with Gasteiger partial charge in [0.1, 0.15) is 0 Å². The zero-order valence-corrected chi connectivity index (χ0v) is 11.5. The fourth-order valence-electron chi connectivity index (χ4n) is 2.08. The Hall–Kier alpha value is -2.21. The number of halogens is 1. The van der Waals surface area contributed by atoms with Gasteiger partial charge in [-0.2, -0.15) is 0 Å². The number of rotatable bonds is 4. The highest BCUT2D eigenvalue weighted by Gasteiger charge is 2.11. The standard InChI is InChI=1S/C14H13FN4S/c15-10-8-11(16)9-2-1-4-18-13(9)14(10)19-5-3-12-17-6-7-20-12/h1-2,4,6-8,19H,3,5,16H2. The molecule has 0 aliphatic rings. The molecule has 2 heterocycles. The van der Waals surface area contributed by atoms with E-state index < -0.39 is 0 Å². The Labute approximate surface area is 119 Å². The van der Waals surface area contributed by atoms with Gasteiger partial charge in [-0.05, 0) is 18.2 Å². The lowest BCUT2D eigenvalue weighted by Crippen LogP contribution is -2.08. The maximum absolute atomic E-state index is 14.1. The maximum atomic E-state index is 14.1. The minimum Gasteiger partial charge on any atom is -0.398 e. The van der Waals surface area contributed by atoms with E-state index >= 15 is 0 Å². The van der Waals surface area contributed by atoms with Crippen LogP contribution in [0.5, 0.6) is 0 Å². The summed E-state index contributed by atoms with van der Waals surface area (Å²) in [5, 5.41) is 6.80. The molecule has 0 atom stereocenters. The smallest absolute Gasteiger partial charge is 0.150 e. The van der Waals surface area contributed by atoms with Crippen LogP contribution in [0.25, 0.3) is 10.9 Å². The molecule has 0 saturated heterocycles. The van der Waals surface area contributed by atoms with Crippen molar-refractivity contribution in [3.8, 4) is 0 Å². The maximum Gasteiger partial charge on any atom is 0.150 e. The highest BCUT2D eigenvalue weighted by atomic mass is 32.1. The Morgan fingerprint density at radius 2 is 2.20 bits per heavy atom. The molecule has 4 nitrogen and oxygen atoms in total. The molecule has 0 bridgehead atoms. The van der Waals surface area contributed by atoms with Crippen LogP contribution in [0, 0.1) is 5.82 Å². The fourth-order valence-corrected chi connectivity index (χ4v) is 2.70. The van der Waals surface area contributed by atoms with Crippen LogP contribution < -0.4 is 11.1 Å². The summed E-state index contributed by atoms with van der Waals surface area (Å²) < 4.78 is 14.1. The van der Waals surface area contributed by atoms with Crippen molar-refractivity contribution in [3.63, 3.8) is 0 Å². The first-order valence-electron chi connectivity index (χ1n) is 6.20. The fraction of sp³-hybridized carbons (Fsp3) is 0.143.